The molecule has 2 unspecified atom stereocenters. The lowest BCUT2D eigenvalue weighted by Crippen LogP contribution is -2.40. The Hall–Kier alpha value is -1.72. The quantitative estimate of drug-likeness (QED) is 0.491. The summed E-state index contributed by atoms with van der Waals surface area (Å²) in [4.78, 5) is 46.9. The lowest BCUT2D eigenvalue weighted by atomic mass is 9.79. The number of ketones is 2. The molecule has 6 nitrogen and oxygen atoms in total. The molecule has 6 heteroatoms. The monoisotopic (exact) mass is 286 g/mol. The van der Waals surface area contributed by atoms with Gasteiger partial charge in [-0.2, -0.15) is 0 Å². The fourth-order valence-electron chi connectivity index (χ4n) is 2.16. The van der Waals surface area contributed by atoms with E-state index in [4.69, 9.17) is 9.47 Å². The Morgan fingerprint density at radius 1 is 0.800 bits per heavy atom. The summed E-state index contributed by atoms with van der Waals surface area (Å²) < 4.78 is 9.67. The van der Waals surface area contributed by atoms with Gasteiger partial charge in [-0.05, 0) is 33.6 Å². The predicted octanol–water partition coefficient (Wildman–Crippen LogP) is 1.16. The molecule has 114 valence electrons. The molecule has 0 rings (SSSR count). The number of Topliss-reactive ketones (excluding diaryl/α,β-unsaturated/α-hetero) is 2. The Morgan fingerprint density at radius 2 is 1.10 bits per heavy atom. The van der Waals surface area contributed by atoms with Crippen molar-refractivity contribution in [1.29, 1.82) is 0 Å². The van der Waals surface area contributed by atoms with Crippen molar-refractivity contribution in [2.24, 2.45) is 17.8 Å². The highest BCUT2D eigenvalue weighted by Gasteiger charge is 2.41. The van der Waals surface area contributed by atoms with Crippen molar-refractivity contribution in [1.82, 2.24) is 0 Å². The van der Waals surface area contributed by atoms with Gasteiger partial charge in [0.05, 0.1) is 13.2 Å². The topological polar surface area (TPSA) is 86.7 Å². The van der Waals surface area contributed by atoms with Crippen molar-refractivity contribution in [3.05, 3.63) is 0 Å². The minimum atomic E-state index is -1.15. The minimum Gasteiger partial charge on any atom is -0.465 e. The molecule has 0 radical (unpaired) electrons. The molecule has 0 aliphatic rings. The van der Waals surface area contributed by atoms with Crippen molar-refractivity contribution in [2.75, 3.05) is 13.2 Å². The molecule has 0 amide bonds. The first-order valence-corrected chi connectivity index (χ1v) is 6.62. The van der Waals surface area contributed by atoms with E-state index < -0.39 is 41.3 Å². The van der Waals surface area contributed by atoms with E-state index in [1.165, 1.54) is 20.8 Å². The van der Waals surface area contributed by atoms with Gasteiger partial charge in [0, 0.05) is 0 Å². The van der Waals surface area contributed by atoms with E-state index in [-0.39, 0.29) is 13.2 Å². The van der Waals surface area contributed by atoms with Gasteiger partial charge in [0.25, 0.3) is 0 Å². The molecular formula is C14H22O6. The Morgan fingerprint density at radius 3 is 1.30 bits per heavy atom. The van der Waals surface area contributed by atoms with E-state index in [1.54, 1.807) is 13.8 Å². The van der Waals surface area contributed by atoms with Crippen LogP contribution in [0.5, 0.6) is 0 Å². The standard InChI is InChI=1S/C14H22O6/c1-6-19-13(17)11(9(4)15)8(3)12(10(5)16)14(18)20-7-2/h8,11-12H,6-7H2,1-5H3. The van der Waals surface area contributed by atoms with Gasteiger partial charge in [-0.15, -0.1) is 0 Å². The minimum absolute atomic E-state index is 0.124. The molecule has 2 atom stereocenters. The molecule has 0 aliphatic carbocycles. The zero-order valence-electron chi connectivity index (χ0n) is 12.6. The van der Waals surface area contributed by atoms with E-state index in [9.17, 15) is 19.2 Å². The fourth-order valence-corrected chi connectivity index (χ4v) is 2.16. The lowest BCUT2D eigenvalue weighted by molar-refractivity contribution is -0.159. The highest BCUT2D eigenvalue weighted by Crippen LogP contribution is 2.25. The van der Waals surface area contributed by atoms with Gasteiger partial charge in [-0.25, -0.2) is 0 Å². The highest BCUT2D eigenvalue weighted by molar-refractivity contribution is 6.02. The maximum atomic E-state index is 11.8. The van der Waals surface area contributed by atoms with Crippen molar-refractivity contribution in [3.8, 4) is 0 Å². The number of hydrogen-bond donors (Lipinski definition) is 0. The molecule has 0 aromatic carbocycles. The van der Waals surface area contributed by atoms with Crippen LogP contribution in [-0.2, 0) is 28.7 Å². The van der Waals surface area contributed by atoms with Crippen molar-refractivity contribution < 1.29 is 28.7 Å². The van der Waals surface area contributed by atoms with Crippen LogP contribution in [0.3, 0.4) is 0 Å². The van der Waals surface area contributed by atoms with Crippen LogP contribution in [0, 0.1) is 17.8 Å². The van der Waals surface area contributed by atoms with Crippen LogP contribution in [-0.4, -0.2) is 36.7 Å². The largest absolute Gasteiger partial charge is 0.465 e. The summed E-state index contributed by atoms with van der Waals surface area (Å²) in [7, 11) is 0. The number of esters is 2. The molecule has 0 aromatic rings. The van der Waals surface area contributed by atoms with Crippen LogP contribution in [0.2, 0.25) is 0 Å². The molecule has 0 N–H and O–H groups in total. The van der Waals surface area contributed by atoms with Gasteiger partial charge in [-0.1, -0.05) is 6.92 Å². The molecule has 0 heterocycles. The summed E-state index contributed by atoms with van der Waals surface area (Å²) in [5.74, 6) is -5.41. The predicted molar refractivity (Wildman–Crippen MR) is 70.8 cm³/mol. The van der Waals surface area contributed by atoms with Crippen LogP contribution in [0.1, 0.15) is 34.6 Å². The fraction of sp³-hybridized carbons (Fsp3) is 0.714. The average Bonchev–Trinajstić information content (AvgIpc) is 2.28. The van der Waals surface area contributed by atoms with E-state index in [2.05, 4.69) is 0 Å². The molecule has 20 heavy (non-hydrogen) atoms. The summed E-state index contributed by atoms with van der Waals surface area (Å²) in [6, 6.07) is 0. The molecule has 0 bridgehead atoms. The van der Waals surface area contributed by atoms with Crippen molar-refractivity contribution in [3.63, 3.8) is 0 Å². The second kappa shape index (κ2) is 8.45. The van der Waals surface area contributed by atoms with Crippen LogP contribution in [0.25, 0.3) is 0 Å². The summed E-state index contributed by atoms with van der Waals surface area (Å²) in [5, 5.41) is 0. The number of rotatable bonds is 8. The third-order valence-electron chi connectivity index (χ3n) is 3.01. The first kappa shape index (κ1) is 18.3. The first-order chi connectivity index (χ1) is 9.27. The summed E-state index contributed by atoms with van der Waals surface area (Å²) in [6.45, 7) is 7.47. The van der Waals surface area contributed by atoms with Gasteiger partial charge < -0.3 is 9.47 Å². The number of carbonyl (C=O) groups excluding carboxylic acids is 4. The third-order valence-corrected chi connectivity index (χ3v) is 3.01. The first-order valence-electron chi connectivity index (χ1n) is 6.62. The maximum Gasteiger partial charge on any atom is 0.316 e. The van der Waals surface area contributed by atoms with Gasteiger partial charge >= 0.3 is 11.9 Å². The zero-order chi connectivity index (χ0) is 15.9. The number of carbonyl (C=O) groups is 4. The second-order valence-electron chi connectivity index (χ2n) is 4.54. The van der Waals surface area contributed by atoms with E-state index in [0.29, 0.717) is 0 Å². The maximum absolute atomic E-state index is 11.8. The van der Waals surface area contributed by atoms with Gasteiger partial charge in [0.2, 0.25) is 0 Å². The van der Waals surface area contributed by atoms with E-state index in [0.717, 1.165) is 0 Å². The van der Waals surface area contributed by atoms with Gasteiger partial charge in [0.15, 0.2) is 0 Å². The van der Waals surface area contributed by atoms with E-state index in [1.807, 2.05) is 0 Å². The van der Waals surface area contributed by atoms with Crippen molar-refractivity contribution in [2.45, 2.75) is 34.6 Å². The molecule has 0 saturated carbocycles. The lowest BCUT2D eigenvalue weighted by Gasteiger charge is -2.25. The SMILES string of the molecule is CCOC(=O)C(C(C)=O)C(C)C(C(C)=O)C(=O)OCC. The number of ether oxygens (including phenoxy) is 2. The van der Waals surface area contributed by atoms with Crippen LogP contribution in [0.15, 0.2) is 0 Å². The highest BCUT2D eigenvalue weighted by atomic mass is 16.5. The van der Waals surface area contributed by atoms with Gasteiger partial charge in [-0.3, -0.25) is 19.2 Å². The molecule has 0 fully saturated rings. The Kier molecular flexibility index (Phi) is 7.72. The van der Waals surface area contributed by atoms with Crippen LogP contribution >= 0.6 is 0 Å². The summed E-state index contributed by atoms with van der Waals surface area (Å²) >= 11 is 0. The Labute approximate surface area is 118 Å². The smallest absolute Gasteiger partial charge is 0.316 e. The molecule has 0 aromatic heterocycles. The van der Waals surface area contributed by atoms with Crippen LogP contribution in [0.4, 0.5) is 0 Å². The Bertz CT molecular complexity index is 351. The molecule has 0 aliphatic heterocycles. The summed E-state index contributed by atoms with van der Waals surface area (Å²) in [5.41, 5.74) is 0. The second-order valence-corrected chi connectivity index (χ2v) is 4.54. The normalized spacial score (nSPS) is 14.8. The van der Waals surface area contributed by atoms with Crippen molar-refractivity contribution >= 4 is 23.5 Å². The zero-order valence-corrected chi connectivity index (χ0v) is 12.6. The third kappa shape index (κ3) is 4.75. The summed E-state index contributed by atoms with van der Waals surface area (Å²) in [6.07, 6.45) is 0. The number of hydrogen-bond acceptors (Lipinski definition) is 6. The van der Waals surface area contributed by atoms with E-state index >= 15 is 0 Å². The van der Waals surface area contributed by atoms with Gasteiger partial charge in [0.1, 0.15) is 23.4 Å². The average molecular weight is 286 g/mol. The molecular weight excluding hydrogens is 264 g/mol. The Balaban J connectivity index is 5.32. The molecule has 0 saturated heterocycles. The molecule has 0 spiro atoms. The van der Waals surface area contributed by atoms with Crippen LogP contribution < -0.4 is 0 Å².